The monoisotopic (exact) mass is 383 g/mol. The molecule has 0 radical (unpaired) electrons. The van der Waals surface area contributed by atoms with Crippen LogP contribution in [0.1, 0.15) is 53.4 Å². The molecule has 0 aliphatic heterocycles. The molecule has 1 aliphatic rings. The lowest BCUT2D eigenvalue weighted by atomic mass is 10.0. The van der Waals surface area contributed by atoms with Crippen LogP contribution in [0.2, 0.25) is 0 Å². The minimum atomic E-state index is -0.566. The molecule has 19 heavy (non-hydrogen) atoms. The summed E-state index contributed by atoms with van der Waals surface area (Å²) in [5.41, 5.74) is -0.566. The van der Waals surface area contributed by atoms with E-state index in [1.54, 1.807) is 0 Å². The molecule has 0 aromatic heterocycles. The number of rotatable bonds is 5. The molecule has 1 unspecified atom stereocenters. The van der Waals surface area contributed by atoms with E-state index < -0.39 is 5.60 Å². The Hall–Kier alpha value is -0.0400. The molecule has 1 saturated carbocycles. The van der Waals surface area contributed by atoms with Crippen LogP contribution in [0, 0.1) is 5.92 Å². The minimum Gasteiger partial charge on any atom is -0.388 e. The van der Waals surface area contributed by atoms with Gasteiger partial charge in [0.15, 0.2) is 5.96 Å². The molecule has 1 atom stereocenters. The Morgan fingerprint density at radius 2 is 1.84 bits per heavy atom. The highest BCUT2D eigenvalue weighted by atomic mass is 127. The second-order valence-electron chi connectivity index (χ2n) is 5.80. The maximum absolute atomic E-state index is 10.3. The maximum Gasteiger partial charge on any atom is 0.191 e. The summed E-state index contributed by atoms with van der Waals surface area (Å²) in [5, 5.41) is 16.9. The molecule has 4 nitrogen and oxygen atoms in total. The van der Waals surface area contributed by atoms with Crippen molar-refractivity contribution in [3.05, 3.63) is 0 Å². The van der Waals surface area contributed by atoms with Crippen molar-refractivity contribution in [3.63, 3.8) is 0 Å². The number of hydrogen-bond acceptors (Lipinski definition) is 2. The third kappa shape index (κ3) is 6.79. The van der Waals surface area contributed by atoms with E-state index in [0.29, 0.717) is 18.5 Å². The summed E-state index contributed by atoms with van der Waals surface area (Å²) in [6.45, 7) is 9.93. The zero-order chi connectivity index (χ0) is 13.6. The SMILES string of the molecule is CCNC(=NCC1(O)CCCC1)NC(C)C(C)C.I. The molecule has 3 N–H and O–H groups in total. The van der Waals surface area contributed by atoms with Gasteiger partial charge in [0, 0.05) is 12.6 Å². The molecule has 114 valence electrons. The number of hydrogen-bond donors (Lipinski definition) is 3. The van der Waals surface area contributed by atoms with Gasteiger partial charge in [0.1, 0.15) is 0 Å². The summed E-state index contributed by atoms with van der Waals surface area (Å²) in [5.74, 6) is 1.38. The summed E-state index contributed by atoms with van der Waals surface area (Å²) in [4.78, 5) is 4.53. The van der Waals surface area contributed by atoms with Gasteiger partial charge in [0.25, 0.3) is 0 Å². The van der Waals surface area contributed by atoms with Crippen LogP contribution in [-0.4, -0.2) is 35.8 Å². The Kier molecular flexibility index (Phi) is 8.98. The van der Waals surface area contributed by atoms with Gasteiger partial charge in [-0.3, -0.25) is 4.99 Å². The van der Waals surface area contributed by atoms with Crippen molar-refractivity contribution in [3.8, 4) is 0 Å². The van der Waals surface area contributed by atoms with E-state index in [0.717, 1.165) is 38.2 Å². The van der Waals surface area contributed by atoms with Crippen LogP contribution < -0.4 is 10.6 Å². The standard InChI is InChI=1S/C14H29N3O.HI/c1-5-15-13(17-12(4)11(2)3)16-10-14(18)8-6-7-9-14;/h11-12,18H,5-10H2,1-4H3,(H2,15,16,17);1H. The normalized spacial score (nSPS) is 20.0. The van der Waals surface area contributed by atoms with Crippen molar-refractivity contribution in [1.82, 2.24) is 10.6 Å². The van der Waals surface area contributed by atoms with Gasteiger partial charge in [-0.05, 0) is 32.6 Å². The summed E-state index contributed by atoms with van der Waals surface area (Å²) in [6.07, 6.45) is 4.02. The molecular weight excluding hydrogens is 353 g/mol. The second-order valence-corrected chi connectivity index (χ2v) is 5.80. The number of aliphatic hydroxyl groups is 1. The Bertz CT molecular complexity index is 276. The average Bonchev–Trinajstić information content (AvgIpc) is 2.74. The summed E-state index contributed by atoms with van der Waals surface area (Å²) in [7, 11) is 0. The summed E-state index contributed by atoms with van der Waals surface area (Å²) >= 11 is 0. The van der Waals surface area contributed by atoms with Crippen LogP contribution in [0.5, 0.6) is 0 Å². The molecule has 1 fully saturated rings. The summed E-state index contributed by atoms with van der Waals surface area (Å²) in [6, 6.07) is 0.376. The van der Waals surface area contributed by atoms with Crippen molar-refractivity contribution < 1.29 is 5.11 Å². The second kappa shape index (κ2) is 9.00. The van der Waals surface area contributed by atoms with E-state index in [1.165, 1.54) is 0 Å². The fraction of sp³-hybridized carbons (Fsp3) is 0.929. The van der Waals surface area contributed by atoms with E-state index in [1.807, 2.05) is 0 Å². The van der Waals surface area contributed by atoms with Crippen LogP contribution in [0.15, 0.2) is 4.99 Å². The first-order valence-corrected chi connectivity index (χ1v) is 7.24. The molecule has 1 aliphatic carbocycles. The van der Waals surface area contributed by atoms with Crippen LogP contribution in [0.3, 0.4) is 0 Å². The molecule has 0 heterocycles. The van der Waals surface area contributed by atoms with Gasteiger partial charge in [-0.15, -0.1) is 24.0 Å². The molecule has 0 aromatic carbocycles. The average molecular weight is 383 g/mol. The number of aliphatic imine (C=N–C) groups is 1. The van der Waals surface area contributed by atoms with Gasteiger partial charge < -0.3 is 15.7 Å². The number of nitrogens with zero attached hydrogens (tertiary/aromatic N) is 1. The van der Waals surface area contributed by atoms with Crippen molar-refractivity contribution >= 4 is 29.9 Å². The van der Waals surface area contributed by atoms with Crippen LogP contribution in [-0.2, 0) is 0 Å². The van der Waals surface area contributed by atoms with Crippen LogP contribution in [0.25, 0.3) is 0 Å². The molecule has 0 spiro atoms. The Morgan fingerprint density at radius 3 is 2.32 bits per heavy atom. The zero-order valence-electron chi connectivity index (χ0n) is 12.7. The van der Waals surface area contributed by atoms with Crippen LogP contribution in [0.4, 0.5) is 0 Å². The molecule has 5 heteroatoms. The van der Waals surface area contributed by atoms with E-state index in [9.17, 15) is 5.11 Å². The number of nitrogens with one attached hydrogen (secondary N) is 2. The smallest absolute Gasteiger partial charge is 0.191 e. The minimum absolute atomic E-state index is 0. The largest absolute Gasteiger partial charge is 0.388 e. The zero-order valence-corrected chi connectivity index (χ0v) is 15.0. The third-order valence-corrected chi connectivity index (χ3v) is 3.77. The van der Waals surface area contributed by atoms with Gasteiger partial charge >= 0.3 is 0 Å². The van der Waals surface area contributed by atoms with Crippen molar-refractivity contribution in [2.24, 2.45) is 10.9 Å². The van der Waals surface area contributed by atoms with E-state index in [-0.39, 0.29) is 24.0 Å². The van der Waals surface area contributed by atoms with Crippen LogP contribution >= 0.6 is 24.0 Å². The van der Waals surface area contributed by atoms with Gasteiger partial charge in [-0.25, -0.2) is 0 Å². The van der Waals surface area contributed by atoms with Gasteiger partial charge in [-0.2, -0.15) is 0 Å². The Labute approximate surface area is 134 Å². The fourth-order valence-electron chi connectivity index (χ4n) is 2.12. The van der Waals surface area contributed by atoms with E-state index >= 15 is 0 Å². The molecule has 0 saturated heterocycles. The lowest BCUT2D eigenvalue weighted by Crippen LogP contribution is -2.45. The predicted molar refractivity (Wildman–Crippen MR) is 92.2 cm³/mol. The lowest BCUT2D eigenvalue weighted by molar-refractivity contribution is 0.0574. The first kappa shape index (κ1) is 19.0. The molecular formula is C14H30IN3O. The Balaban J connectivity index is 0.00000324. The lowest BCUT2D eigenvalue weighted by Gasteiger charge is -2.23. The highest BCUT2D eigenvalue weighted by Crippen LogP contribution is 2.29. The third-order valence-electron chi connectivity index (χ3n) is 3.77. The fourth-order valence-corrected chi connectivity index (χ4v) is 2.12. The van der Waals surface area contributed by atoms with Crippen molar-refractivity contribution in [1.29, 1.82) is 0 Å². The number of halogens is 1. The number of guanidine groups is 1. The molecule has 1 rings (SSSR count). The van der Waals surface area contributed by atoms with Gasteiger partial charge in [0.2, 0.25) is 0 Å². The van der Waals surface area contributed by atoms with Gasteiger partial charge in [-0.1, -0.05) is 26.7 Å². The molecule has 0 aromatic rings. The first-order chi connectivity index (χ1) is 8.47. The predicted octanol–water partition coefficient (Wildman–Crippen LogP) is 2.51. The van der Waals surface area contributed by atoms with E-state index in [4.69, 9.17) is 0 Å². The molecule has 0 bridgehead atoms. The summed E-state index contributed by atoms with van der Waals surface area (Å²) < 4.78 is 0. The first-order valence-electron chi connectivity index (χ1n) is 7.24. The van der Waals surface area contributed by atoms with Gasteiger partial charge in [0.05, 0.1) is 12.1 Å². The molecule has 0 amide bonds. The van der Waals surface area contributed by atoms with Crippen molar-refractivity contribution in [2.45, 2.75) is 65.0 Å². The van der Waals surface area contributed by atoms with E-state index in [2.05, 4.69) is 43.3 Å². The highest BCUT2D eigenvalue weighted by Gasteiger charge is 2.30. The Morgan fingerprint density at radius 1 is 1.26 bits per heavy atom. The highest BCUT2D eigenvalue weighted by molar-refractivity contribution is 14.0. The topological polar surface area (TPSA) is 56.7 Å². The quantitative estimate of drug-likeness (QED) is 0.389. The van der Waals surface area contributed by atoms with Crippen molar-refractivity contribution in [2.75, 3.05) is 13.1 Å². The maximum atomic E-state index is 10.3.